The third-order valence-corrected chi connectivity index (χ3v) is 3.89. The Morgan fingerprint density at radius 1 is 1.59 bits per heavy atom. The van der Waals surface area contributed by atoms with Gasteiger partial charge >= 0.3 is 0 Å². The van der Waals surface area contributed by atoms with Gasteiger partial charge in [-0.3, -0.25) is 4.68 Å². The molecule has 2 aromatic heterocycles. The number of aromatic nitrogens is 2. The Labute approximate surface area is 109 Å². The molecule has 6 heteroatoms. The number of hydrogen-bond donors (Lipinski definition) is 1. The van der Waals surface area contributed by atoms with E-state index >= 15 is 0 Å². The van der Waals surface area contributed by atoms with Gasteiger partial charge in [0.15, 0.2) is 0 Å². The van der Waals surface area contributed by atoms with E-state index < -0.39 is 0 Å². The zero-order valence-corrected chi connectivity index (χ0v) is 11.5. The molecule has 0 aromatic carbocycles. The van der Waals surface area contributed by atoms with Crippen molar-refractivity contribution < 1.29 is 4.74 Å². The lowest BCUT2D eigenvalue weighted by Gasteiger charge is -2.17. The quantitative estimate of drug-likeness (QED) is 0.928. The summed E-state index contributed by atoms with van der Waals surface area (Å²) in [7, 11) is 5.45. The van der Waals surface area contributed by atoms with Crippen LogP contribution in [0.15, 0.2) is 17.6 Å². The van der Waals surface area contributed by atoms with Crippen LogP contribution in [-0.4, -0.2) is 23.9 Å². The van der Waals surface area contributed by atoms with Crippen LogP contribution < -0.4 is 10.1 Å². The third-order valence-electron chi connectivity index (χ3n) is 2.64. The van der Waals surface area contributed by atoms with Gasteiger partial charge in [-0.2, -0.15) is 5.10 Å². The van der Waals surface area contributed by atoms with Gasteiger partial charge in [0.1, 0.15) is 5.75 Å². The van der Waals surface area contributed by atoms with Crippen LogP contribution in [0, 0.1) is 0 Å². The molecule has 0 amide bonds. The van der Waals surface area contributed by atoms with Crippen molar-refractivity contribution in [3.63, 3.8) is 0 Å². The number of halogens is 1. The molecule has 0 aliphatic heterocycles. The smallest absolute Gasteiger partial charge is 0.134 e. The van der Waals surface area contributed by atoms with Crippen LogP contribution in [0.5, 0.6) is 5.75 Å². The SMILES string of the molecule is CNC(c1sccc1OC)c1c(Cl)cnn1C. The molecule has 2 aromatic rings. The molecule has 0 aliphatic rings. The molecule has 2 rings (SSSR count). The molecule has 17 heavy (non-hydrogen) atoms. The van der Waals surface area contributed by atoms with E-state index in [0.29, 0.717) is 5.02 Å². The minimum Gasteiger partial charge on any atom is -0.496 e. The van der Waals surface area contributed by atoms with E-state index in [4.69, 9.17) is 16.3 Å². The Morgan fingerprint density at radius 2 is 2.35 bits per heavy atom. The first kappa shape index (κ1) is 12.4. The van der Waals surface area contributed by atoms with E-state index in [9.17, 15) is 0 Å². The molecule has 0 radical (unpaired) electrons. The van der Waals surface area contributed by atoms with Gasteiger partial charge in [0.2, 0.25) is 0 Å². The molecule has 0 saturated heterocycles. The summed E-state index contributed by atoms with van der Waals surface area (Å²) in [6, 6.07) is 1.94. The van der Waals surface area contributed by atoms with Gasteiger partial charge in [0, 0.05) is 7.05 Å². The highest BCUT2D eigenvalue weighted by Crippen LogP contribution is 2.36. The molecule has 1 unspecified atom stereocenters. The van der Waals surface area contributed by atoms with Crippen LogP contribution in [0.25, 0.3) is 0 Å². The fourth-order valence-electron chi connectivity index (χ4n) is 1.83. The van der Waals surface area contributed by atoms with Crippen LogP contribution in [-0.2, 0) is 7.05 Å². The van der Waals surface area contributed by atoms with Gasteiger partial charge in [-0.05, 0) is 18.5 Å². The van der Waals surface area contributed by atoms with Gasteiger partial charge in [0.05, 0.1) is 34.9 Å². The standard InChI is InChI=1S/C11H14ClN3OS/c1-13-9(10-7(12)6-14-15(10)2)11-8(16-3)4-5-17-11/h4-6,9,13H,1-3H3. The van der Waals surface area contributed by atoms with Gasteiger partial charge in [0.25, 0.3) is 0 Å². The van der Waals surface area contributed by atoms with Crippen LogP contribution in [0.2, 0.25) is 5.02 Å². The Balaban J connectivity index is 2.47. The maximum absolute atomic E-state index is 6.17. The van der Waals surface area contributed by atoms with Crippen LogP contribution >= 0.6 is 22.9 Å². The monoisotopic (exact) mass is 271 g/mol. The average Bonchev–Trinajstić information content (AvgIpc) is 2.91. The first-order valence-electron chi connectivity index (χ1n) is 5.15. The molecule has 0 aliphatic carbocycles. The minimum atomic E-state index is -0.00931. The van der Waals surface area contributed by atoms with Crippen molar-refractivity contribution in [3.05, 3.63) is 33.2 Å². The summed E-state index contributed by atoms with van der Waals surface area (Å²) in [5, 5.41) is 10.1. The molecule has 0 bridgehead atoms. The van der Waals surface area contributed by atoms with Crippen LogP contribution in [0.1, 0.15) is 16.6 Å². The van der Waals surface area contributed by atoms with Crippen molar-refractivity contribution in [3.8, 4) is 5.75 Å². The highest BCUT2D eigenvalue weighted by atomic mass is 35.5. The minimum absolute atomic E-state index is 0.00931. The zero-order chi connectivity index (χ0) is 12.4. The lowest BCUT2D eigenvalue weighted by atomic mass is 10.1. The van der Waals surface area contributed by atoms with Gasteiger partial charge in [-0.1, -0.05) is 11.6 Å². The molecular weight excluding hydrogens is 258 g/mol. The number of nitrogens with zero attached hydrogens (tertiary/aromatic N) is 2. The van der Waals surface area contributed by atoms with Crippen molar-refractivity contribution in [2.45, 2.75) is 6.04 Å². The first-order valence-corrected chi connectivity index (χ1v) is 6.40. The predicted molar refractivity (Wildman–Crippen MR) is 70.0 cm³/mol. The highest BCUT2D eigenvalue weighted by Gasteiger charge is 2.23. The fourth-order valence-corrected chi connectivity index (χ4v) is 3.07. The maximum Gasteiger partial charge on any atom is 0.134 e. The van der Waals surface area contributed by atoms with Crippen molar-refractivity contribution >= 4 is 22.9 Å². The molecule has 2 heterocycles. The van der Waals surface area contributed by atoms with E-state index in [1.54, 1.807) is 29.3 Å². The topological polar surface area (TPSA) is 39.1 Å². The fraction of sp³-hybridized carbons (Fsp3) is 0.364. The van der Waals surface area contributed by atoms with Crippen molar-refractivity contribution in [1.82, 2.24) is 15.1 Å². The number of nitrogens with one attached hydrogen (secondary N) is 1. The lowest BCUT2D eigenvalue weighted by Crippen LogP contribution is -2.20. The number of ether oxygens (including phenoxy) is 1. The summed E-state index contributed by atoms with van der Waals surface area (Å²) in [5.41, 5.74) is 0.940. The second-order valence-electron chi connectivity index (χ2n) is 3.58. The summed E-state index contributed by atoms with van der Waals surface area (Å²) in [6.45, 7) is 0. The number of hydrogen-bond acceptors (Lipinski definition) is 4. The van der Waals surface area contributed by atoms with E-state index in [-0.39, 0.29) is 6.04 Å². The van der Waals surface area contributed by atoms with E-state index in [0.717, 1.165) is 16.3 Å². The van der Waals surface area contributed by atoms with E-state index in [1.165, 1.54) is 0 Å². The second kappa shape index (κ2) is 5.08. The molecule has 1 atom stereocenters. The zero-order valence-electron chi connectivity index (χ0n) is 9.90. The molecule has 1 N–H and O–H groups in total. The Kier molecular flexibility index (Phi) is 3.71. The number of rotatable bonds is 4. The molecule has 0 spiro atoms. The summed E-state index contributed by atoms with van der Waals surface area (Å²) in [6.07, 6.45) is 1.65. The summed E-state index contributed by atoms with van der Waals surface area (Å²) in [4.78, 5) is 1.10. The Bertz CT molecular complexity index is 489. The molecule has 0 fully saturated rings. The highest BCUT2D eigenvalue weighted by molar-refractivity contribution is 7.10. The first-order chi connectivity index (χ1) is 8.19. The molecule has 92 valence electrons. The van der Waals surface area contributed by atoms with Gasteiger partial charge < -0.3 is 10.1 Å². The summed E-state index contributed by atoms with van der Waals surface area (Å²) >= 11 is 7.81. The lowest BCUT2D eigenvalue weighted by molar-refractivity contribution is 0.407. The second-order valence-corrected chi connectivity index (χ2v) is 4.93. The Hall–Kier alpha value is -1.04. The summed E-state index contributed by atoms with van der Waals surface area (Å²) < 4.78 is 7.12. The molecular formula is C11H14ClN3OS. The third kappa shape index (κ3) is 2.18. The Morgan fingerprint density at radius 3 is 2.88 bits per heavy atom. The molecule has 0 saturated carbocycles. The van der Waals surface area contributed by atoms with E-state index in [2.05, 4.69) is 10.4 Å². The molecule has 4 nitrogen and oxygen atoms in total. The average molecular weight is 272 g/mol. The normalized spacial score (nSPS) is 12.7. The van der Waals surface area contributed by atoms with Gasteiger partial charge in [-0.25, -0.2) is 0 Å². The van der Waals surface area contributed by atoms with Crippen molar-refractivity contribution in [1.29, 1.82) is 0 Å². The summed E-state index contributed by atoms with van der Waals surface area (Å²) in [5.74, 6) is 0.867. The van der Waals surface area contributed by atoms with Gasteiger partial charge in [-0.15, -0.1) is 11.3 Å². The number of methoxy groups -OCH3 is 1. The van der Waals surface area contributed by atoms with E-state index in [1.807, 2.05) is 25.5 Å². The predicted octanol–water partition coefficient (Wildman–Crippen LogP) is 2.45. The number of thiophene rings is 1. The van der Waals surface area contributed by atoms with Crippen LogP contribution in [0.4, 0.5) is 0 Å². The van der Waals surface area contributed by atoms with Crippen LogP contribution in [0.3, 0.4) is 0 Å². The maximum atomic E-state index is 6.17. The number of aryl methyl sites for hydroxylation is 1. The largest absolute Gasteiger partial charge is 0.496 e. The van der Waals surface area contributed by atoms with Crippen molar-refractivity contribution in [2.75, 3.05) is 14.2 Å². The van der Waals surface area contributed by atoms with Crippen molar-refractivity contribution in [2.24, 2.45) is 7.05 Å².